The third kappa shape index (κ3) is 6.21. The van der Waals surface area contributed by atoms with Gasteiger partial charge in [0.2, 0.25) is 15.9 Å². The lowest BCUT2D eigenvalue weighted by atomic mass is 9.87. The molecule has 1 fully saturated rings. The number of nitrogens with zero attached hydrogens (tertiary/aromatic N) is 1. The minimum atomic E-state index is -3.79. The molecule has 8 nitrogen and oxygen atoms in total. The fraction of sp³-hybridized carbons (Fsp3) is 0.333. The molecule has 1 heterocycles. The second kappa shape index (κ2) is 10.6. The minimum absolute atomic E-state index is 0.0799. The van der Waals surface area contributed by atoms with Crippen LogP contribution in [0, 0.1) is 11.8 Å². The summed E-state index contributed by atoms with van der Waals surface area (Å²) in [6.07, 6.45) is 0.542. The first kappa shape index (κ1) is 24.5. The predicted octanol–water partition coefficient (Wildman–Crippen LogP) is 3.38. The standard InChI is InChI=1S/C24H29N3O5S/c1-4-22(28)26-23-17(2)14-27(15-18(23)3)33(30,31)21-12-8-11-20(13-21)25-24(29)32-16-19-9-6-5-7-10-19/h4-13,17-18,23H,1,14-16H2,2-3H3,(H,25,29)(H,26,28). The third-order valence-corrected chi connectivity index (χ3v) is 7.46. The molecule has 9 heteroatoms. The number of piperidine rings is 1. The van der Waals surface area contributed by atoms with E-state index in [4.69, 9.17) is 4.74 Å². The van der Waals surface area contributed by atoms with E-state index in [1.807, 2.05) is 44.2 Å². The zero-order valence-corrected chi connectivity index (χ0v) is 19.5. The van der Waals surface area contributed by atoms with Crippen molar-refractivity contribution >= 4 is 27.7 Å². The maximum absolute atomic E-state index is 13.3. The topological polar surface area (TPSA) is 105 Å². The Morgan fingerprint density at radius 2 is 1.76 bits per heavy atom. The van der Waals surface area contributed by atoms with Gasteiger partial charge in [0.05, 0.1) is 4.90 Å². The van der Waals surface area contributed by atoms with Gasteiger partial charge in [0.25, 0.3) is 0 Å². The van der Waals surface area contributed by atoms with E-state index >= 15 is 0 Å². The highest BCUT2D eigenvalue weighted by Gasteiger charge is 2.38. The van der Waals surface area contributed by atoms with Crippen LogP contribution in [0.2, 0.25) is 0 Å². The zero-order valence-electron chi connectivity index (χ0n) is 18.7. The van der Waals surface area contributed by atoms with E-state index < -0.39 is 16.1 Å². The molecule has 3 rings (SSSR count). The summed E-state index contributed by atoms with van der Waals surface area (Å²) in [4.78, 5) is 23.9. The first-order valence-corrected chi connectivity index (χ1v) is 12.2. The molecule has 0 bridgehead atoms. The number of rotatable bonds is 7. The first-order chi connectivity index (χ1) is 15.7. The number of carbonyl (C=O) groups is 2. The number of hydrogen-bond acceptors (Lipinski definition) is 5. The van der Waals surface area contributed by atoms with E-state index in [9.17, 15) is 18.0 Å². The molecule has 176 valence electrons. The largest absolute Gasteiger partial charge is 0.444 e. The van der Waals surface area contributed by atoms with Crippen molar-refractivity contribution in [3.8, 4) is 0 Å². The number of hydrogen-bond donors (Lipinski definition) is 2. The lowest BCUT2D eigenvalue weighted by Gasteiger charge is -2.40. The Labute approximate surface area is 194 Å². The molecule has 2 aromatic rings. The first-order valence-electron chi connectivity index (χ1n) is 10.7. The quantitative estimate of drug-likeness (QED) is 0.603. The highest BCUT2D eigenvalue weighted by atomic mass is 32.2. The van der Waals surface area contributed by atoms with E-state index in [1.165, 1.54) is 22.5 Å². The molecular formula is C24H29N3O5S. The van der Waals surface area contributed by atoms with Crippen LogP contribution < -0.4 is 10.6 Å². The molecule has 2 N–H and O–H groups in total. The second-order valence-corrected chi connectivity index (χ2v) is 10.2. The third-order valence-electron chi connectivity index (χ3n) is 5.63. The number of carbonyl (C=O) groups excluding carboxylic acids is 2. The van der Waals surface area contributed by atoms with E-state index in [1.54, 1.807) is 12.1 Å². The fourth-order valence-electron chi connectivity index (χ4n) is 3.97. The van der Waals surface area contributed by atoms with Crippen LogP contribution >= 0.6 is 0 Å². The van der Waals surface area contributed by atoms with Gasteiger partial charge in [-0.25, -0.2) is 13.2 Å². The average Bonchev–Trinajstić information content (AvgIpc) is 2.80. The summed E-state index contributed by atoms with van der Waals surface area (Å²) in [5.74, 6) is -0.434. The van der Waals surface area contributed by atoms with Crippen LogP contribution in [0.4, 0.5) is 10.5 Å². The molecule has 2 amide bonds. The van der Waals surface area contributed by atoms with E-state index in [0.717, 1.165) is 5.56 Å². The Balaban J connectivity index is 1.66. The Kier molecular flexibility index (Phi) is 7.88. The number of amides is 2. The van der Waals surface area contributed by atoms with Crippen LogP contribution in [-0.2, 0) is 26.2 Å². The van der Waals surface area contributed by atoms with Gasteiger partial charge in [0.15, 0.2) is 0 Å². The summed E-state index contributed by atoms with van der Waals surface area (Å²) in [6, 6.07) is 15.2. The number of benzene rings is 2. The monoisotopic (exact) mass is 471 g/mol. The SMILES string of the molecule is C=CC(=O)NC1C(C)CN(S(=O)(=O)c2cccc(NC(=O)OCc3ccccc3)c2)CC1C. The van der Waals surface area contributed by atoms with Crippen molar-refractivity contribution in [2.45, 2.75) is 31.4 Å². The molecule has 0 spiro atoms. The smallest absolute Gasteiger partial charge is 0.411 e. The van der Waals surface area contributed by atoms with Gasteiger partial charge in [0, 0.05) is 24.8 Å². The molecule has 0 saturated carbocycles. The summed E-state index contributed by atoms with van der Waals surface area (Å²) in [6.45, 7) is 7.94. The maximum Gasteiger partial charge on any atom is 0.411 e. The molecular weight excluding hydrogens is 442 g/mol. The van der Waals surface area contributed by atoms with Crippen LogP contribution in [0.1, 0.15) is 19.4 Å². The fourth-order valence-corrected chi connectivity index (χ4v) is 5.66. The van der Waals surface area contributed by atoms with Gasteiger partial charge in [-0.3, -0.25) is 10.1 Å². The predicted molar refractivity (Wildman–Crippen MR) is 126 cm³/mol. The summed E-state index contributed by atoms with van der Waals surface area (Å²) < 4.78 is 33.2. The van der Waals surface area contributed by atoms with Gasteiger partial charge < -0.3 is 10.1 Å². The lowest BCUT2D eigenvalue weighted by molar-refractivity contribution is -0.118. The van der Waals surface area contributed by atoms with E-state index in [-0.39, 0.29) is 48.4 Å². The number of sulfonamides is 1. The Bertz CT molecular complexity index is 1090. The van der Waals surface area contributed by atoms with Crippen LogP contribution in [0.3, 0.4) is 0 Å². The molecule has 2 atom stereocenters. The normalized spacial score (nSPS) is 21.1. The number of nitrogens with one attached hydrogen (secondary N) is 2. The van der Waals surface area contributed by atoms with Gasteiger partial charge in [0.1, 0.15) is 6.61 Å². The summed E-state index contributed by atoms with van der Waals surface area (Å²) in [5.41, 5.74) is 1.17. The highest BCUT2D eigenvalue weighted by molar-refractivity contribution is 7.89. The second-order valence-electron chi connectivity index (χ2n) is 8.23. The average molecular weight is 472 g/mol. The molecule has 0 aliphatic carbocycles. The molecule has 1 aliphatic rings. The number of anilines is 1. The van der Waals surface area contributed by atoms with Crippen molar-refractivity contribution in [1.29, 1.82) is 0 Å². The Morgan fingerprint density at radius 3 is 2.39 bits per heavy atom. The van der Waals surface area contributed by atoms with Gasteiger partial charge in [-0.1, -0.05) is 56.8 Å². The van der Waals surface area contributed by atoms with Crippen LogP contribution in [0.25, 0.3) is 0 Å². The molecule has 2 aromatic carbocycles. The van der Waals surface area contributed by atoms with Crippen LogP contribution in [-0.4, -0.2) is 43.9 Å². The van der Waals surface area contributed by atoms with Gasteiger partial charge >= 0.3 is 6.09 Å². The molecule has 2 unspecified atom stereocenters. The Morgan fingerprint density at radius 1 is 1.09 bits per heavy atom. The van der Waals surface area contributed by atoms with Gasteiger partial charge in [-0.15, -0.1) is 0 Å². The van der Waals surface area contributed by atoms with Crippen molar-refractivity contribution in [3.63, 3.8) is 0 Å². The highest BCUT2D eigenvalue weighted by Crippen LogP contribution is 2.28. The summed E-state index contributed by atoms with van der Waals surface area (Å²) in [5, 5.41) is 5.47. The maximum atomic E-state index is 13.3. The van der Waals surface area contributed by atoms with E-state index in [2.05, 4.69) is 17.2 Å². The van der Waals surface area contributed by atoms with Gasteiger partial charge in [-0.2, -0.15) is 4.31 Å². The van der Waals surface area contributed by atoms with Crippen molar-refractivity contribution in [1.82, 2.24) is 9.62 Å². The molecule has 33 heavy (non-hydrogen) atoms. The van der Waals surface area contributed by atoms with Gasteiger partial charge in [-0.05, 0) is 41.7 Å². The van der Waals surface area contributed by atoms with Crippen molar-refractivity contribution < 1.29 is 22.7 Å². The summed E-state index contributed by atoms with van der Waals surface area (Å²) >= 11 is 0. The molecule has 1 aliphatic heterocycles. The molecule has 1 saturated heterocycles. The van der Waals surface area contributed by atoms with E-state index in [0.29, 0.717) is 5.69 Å². The minimum Gasteiger partial charge on any atom is -0.444 e. The van der Waals surface area contributed by atoms with Crippen LogP contribution in [0.15, 0.2) is 72.1 Å². The van der Waals surface area contributed by atoms with Crippen molar-refractivity contribution in [2.24, 2.45) is 11.8 Å². The summed E-state index contributed by atoms with van der Waals surface area (Å²) in [7, 11) is -3.79. The van der Waals surface area contributed by atoms with Crippen molar-refractivity contribution in [3.05, 3.63) is 72.8 Å². The van der Waals surface area contributed by atoms with Crippen molar-refractivity contribution in [2.75, 3.05) is 18.4 Å². The Hall–Kier alpha value is -3.17. The number of ether oxygens (including phenoxy) is 1. The molecule has 0 radical (unpaired) electrons. The van der Waals surface area contributed by atoms with Crippen LogP contribution in [0.5, 0.6) is 0 Å². The lowest BCUT2D eigenvalue weighted by Crippen LogP contribution is -2.55. The molecule has 0 aromatic heterocycles. The zero-order chi connectivity index (χ0) is 24.0.